The van der Waals surface area contributed by atoms with Crippen molar-refractivity contribution >= 4 is 23.5 Å². The summed E-state index contributed by atoms with van der Waals surface area (Å²) < 4.78 is 0. The van der Waals surface area contributed by atoms with E-state index in [2.05, 4.69) is 9.97 Å². The molecular weight excluding hydrogens is 270 g/mol. The van der Waals surface area contributed by atoms with Crippen LogP contribution in [0.15, 0.2) is 6.07 Å². The van der Waals surface area contributed by atoms with E-state index < -0.39 is 11.9 Å². The highest BCUT2D eigenvalue weighted by atomic mass is 35.5. The quantitative estimate of drug-likeness (QED) is 0.829. The first-order valence-electron chi connectivity index (χ1n) is 6.00. The first kappa shape index (κ1) is 13.7. The smallest absolute Gasteiger partial charge is 0.308 e. The predicted octanol–water partition coefficient (Wildman–Crippen LogP) is 1.38. The lowest BCUT2D eigenvalue weighted by molar-refractivity contribution is -0.143. The second kappa shape index (κ2) is 5.52. The molecule has 0 unspecified atom stereocenters. The first-order valence-corrected chi connectivity index (χ1v) is 6.38. The van der Waals surface area contributed by atoms with Crippen LogP contribution in [0.25, 0.3) is 0 Å². The van der Waals surface area contributed by atoms with E-state index in [0.29, 0.717) is 25.1 Å². The third kappa shape index (κ3) is 3.20. The van der Waals surface area contributed by atoms with E-state index in [-0.39, 0.29) is 23.4 Å². The maximum atomic E-state index is 12.3. The second-order valence-electron chi connectivity index (χ2n) is 4.59. The summed E-state index contributed by atoms with van der Waals surface area (Å²) >= 11 is 5.73. The van der Waals surface area contributed by atoms with E-state index in [9.17, 15) is 9.59 Å². The van der Waals surface area contributed by atoms with Crippen LogP contribution >= 0.6 is 11.6 Å². The Hall–Kier alpha value is -1.69. The van der Waals surface area contributed by atoms with Gasteiger partial charge in [-0.3, -0.25) is 9.59 Å². The van der Waals surface area contributed by atoms with Crippen molar-refractivity contribution in [2.45, 2.75) is 19.8 Å². The maximum absolute atomic E-state index is 12.3. The molecule has 1 aliphatic rings. The highest BCUT2D eigenvalue weighted by Crippen LogP contribution is 2.19. The molecule has 2 rings (SSSR count). The molecule has 1 saturated heterocycles. The molecule has 0 bridgehead atoms. The molecule has 19 heavy (non-hydrogen) atoms. The highest BCUT2D eigenvalue weighted by molar-refractivity contribution is 6.28. The Labute approximate surface area is 115 Å². The summed E-state index contributed by atoms with van der Waals surface area (Å²) in [6.07, 6.45) is 1.28. The van der Waals surface area contributed by atoms with Crippen LogP contribution in [0.5, 0.6) is 0 Å². The molecule has 0 radical (unpaired) electrons. The summed E-state index contributed by atoms with van der Waals surface area (Å²) in [5, 5.41) is 9.04. The van der Waals surface area contributed by atoms with E-state index in [0.717, 1.165) is 0 Å². The number of nitrogens with zero attached hydrogens (tertiary/aromatic N) is 3. The fraction of sp³-hybridized carbons (Fsp3) is 0.500. The average molecular weight is 284 g/mol. The number of carboxylic acids is 1. The Morgan fingerprint density at radius 1 is 1.47 bits per heavy atom. The standard InChI is InChI=1S/C12H14ClN3O3/c1-7-5-9(15-12(13)14-7)10(17)16-4-2-3-8(6-16)11(18)19/h5,8H,2-4,6H2,1H3,(H,18,19)/t8-/m0/s1. The zero-order valence-electron chi connectivity index (χ0n) is 10.5. The summed E-state index contributed by atoms with van der Waals surface area (Å²) in [6.45, 7) is 2.48. The number of piperidine rings is 1. The number of halogens is 1. The summed E-state index contributed by atoms with van der Waals surface area (Å²) in [4.78, 5) is 32.5. The van der Waals surface area contributed by atoms with Gasteiger partial charge in [0.1, 0.15) is 5.69 Å². The number of carbonyl (C=O) groups excluding carboxylic acids is 1. The highest BCUT2D eigenvalue weighted by Gasteiger charge is 2.29. The monoisotopic (exact) mass is 283 g/mol. The molecule has 102 valence electrons. The topological polar surface area (TPSA) is 83.4 Å². The lowest BCUT2D eigenvalue weighted by Gasteiger charge is -2.30. The van der Waals surface area contributed by atoms with Gasteiger partial charge in [-0.25, -0.2) is 9.97 Å². The van der Waals surface area contributed by atoms with Crippen LogP contribution in [0.1, 0.15) is 29.0 Å². The molecular formula is C12H14ClN3O3. The minimum atomic E-state index is -0.866. The van der Waals surface area contributed by atoms with Crippen molar-refractivity contribution < 1.29 is 14.7 Å². The fourth-order valence-electron chi connectivity index (χ4n) is 2.17. The molecule has 7 heteroatoms. The Bertz CT molecular complexity index is 501. The summed E-state index contributed by atoms with van der Waals surface area (Å²) in [7, 11) is 0. The summed E-state index contributed by atoms with van der Waals surface area (Å²) in [6, 6.07) is 1.55. The SMILES string of the molecule is Cc1cc(C(=O)N2CCC[C@H](C(=O)O)C2)nc(Cl)n1. The van der Waals surface area contributed by atoms with E-state index in [1.54, 1.807) is 13.0 Å². The molecule has 0 aromatic carbocycles. The number of aryl methyl sites for hydroxylation is 1. The number of carboxylic acid groups (broad SMARTS) is 1. The number of hydrogen-bond acceptors (Lipinski definition) is 4. The third-order valence-corrected chi connectivity index (χ3v) is 3.27. The zero-order chi connectivity index (χ0) is 14.0. The predicted molar refractivity (Wildman–Crippen MR) is 68.0 cm³/mol. The number of rotatable bonds is 2. The Morgan fingerprint density at radius 2 is 2.21 bits per heavy atom. The molecule has 1 N–H and O–H groups in total. The summed E-state index contributed by atoms with van der Waals surface area (Å²) in [5.74, 6) is -1.66. The zero-order valence-corrected chi connectivity index (χ0v) is 11.2. The Balaban J connectivity index is 2.16. The second-order valence-corrected chi connectivity index (χ2v) is 4.93. The average Bonchev–Trinajstić information content (AvgIpc) is 2.37. The van der Waals surface area contributed by atoms with Crippen molar-refractivity contribution in [2.24, 2.45) is 5.92 Å². The Kier molecular flexibility index (Phi) is 3.99. The maximum Gasteiger partial charge on any atom is 0.308 e. The number of aromatic nitrogens is 2. The molecule has 1 aromatic rings. The number of aliphatic carboxylic acids is 1. The van der Waals surface area contributed by atoms with Gasteiger partial charge in [0.2, 0.25) is 5.28 Å². The normalized spacial score (nSPS) is 19.3. The van der Waals surface area contributed by atoms with E-state index in [1.807, 2.05) is 0 Å². The van der Waals surface area contributed by atoms with Crippen molar-refractivity contribution in [3.05, 3.63) is 22.7 Å². The number of hydrogen-bond donors (Lipinski definition) is 1. The van der Waals surface area contributed by atoms with Crippen LogP contribution in [-0.4, -0.2) is 44.9 Å². The van der Waals surface area contributed by atoms with E-state index >= 15 is 0 Å². The third-order valence-electron chi connectivity index (χ3n) is 3.10. The van der Waals surface area contributed by atoms with Crippen molar-refractivity contribution in [3.63, 3.8) is 0 Å². The molecule has 1 aliphatic heterocycles. The van der Waals surface area contributed by atoms with Gasteiger partial charge in [-0.1, -0.05) is 0 Å². The molecule has 6 nitrogen and oxygen atoms in total. The molecule has 1 aromatic heterocycles. The molecule has 0 saturated carbocycles. The minimum absolute atomic E-state index is 0.0233. The molecule has 1 atom stereocenters. The van der Waals surface area contributed by atoms with Gasteiger partial charge in [-0.2, -0.15) is 0 Å². The minimum Gasteiger partial charge on any atom is -0.481 e. The van der Waals surface area contributed by atoms with E-state index in [4.69, 9.17) is 16.7 Å². The van der Waals surface area contributed by atoms with Crippen molar-refractivity contribution in [3.8, 4) is 0 Å². The van der Waals surface area contributed by atoms with Gasteiger partial charge in [-0.15, -0.1) is 0 Å². The molecule has 0 aliphatic carbocycles. The summed E-state index contributed by atoms with van der Waals surface area (Å²) in [5.41, 5.74) is 0.818. The van der Waals surface area contributed by atoms with Crippen molar-refractivity contribution in [2.75, 3.05) is 13.1 Å². The van der Waals surface area contributed by atoms with E-state index in [1.165, 1.54) is 4.90 Å². The lowest BCUT2D eigenvalue weighted by atomic mass is 9.98. The van der Waals surface area contributed by atoms with Crippen molar-refractivity contribution in [1.82, 2.24) is 14.9 Å². The molecule has 1 amide bonds. The molecule has 0 spiro atoms. The number of likely N-dealkylation sites (tertiary alicyclic amines) is 1. The number of carbonyl (C=O) groups is 2. The van der Waals surface area contributed by atoms with Gasteiger partial charge < -0.3 is 10.0 Å². The van der Waals surface area contributed by atoms with Gasteiger partial charge in [0, 0.05) is 18.8 Å². The van der Waals surface area contributed by atoms with Crippen LogP contribution in [0.3, 0.4) is 0 Å². The van der Waals surface area contributed by atoms with Crippen LogP contribution in [0.4, 0.5) is 0 Å². The largest absolute Gasteiger partial charge is 0.481 e. The Morgan fingerprint density at radius 3 is 2.84 bits per heavy atom. The van der Waals surface area contributed by atoms with Crippen LogP contribution in [0, 0.1) is 12.8 Å². The molecule has 1 fully saturated rings. The van der Waals surface area contributed by atoms with Crippen molar-refractivity contribution in [1.29, 1.82) is 0 Å². The van der Waals surface area contributed by atoms with Gasteiger partial charge in [-0.05, 0) is 37.4 Å². The van der Waals surface area contributed by atoms with Gasteiger partial charge >= 0.3 is 5.97 Å². The fourth-order valence-corrected chi connectivity index (χ4v) is 2.39. The van der Waals surface area contributed by atoms with Gasteiger partial charge in [0.15, 0.2) is 0 Å². The van der Waals surface area contributed by atoms with Crippen LogP contribution in [-0.2, 0) is 4.79 Å². The van der Waals surface area contributed by atoms with Crippen LogP contribution < -0.4 is 0 Å². The molecule has 2 heterocycles. The van der Waals surface area contributed by atoms with Crippen LogP contribution in [0.2, 0.25) is 5.28 Å². The van der Waals surface area contributed by atoms with Gasteiger partial charge in [0.25, 0.3) is 5.91 Å². The lowest BCUT2D eigenvalue weighted by Crippen LogP contribution is -2.42. The first-order chi connectivity index (χ1) is 8.97. The van der Waals surface area contributed by atoms with Gasteiger partial charge in [0.05, 0.1) is 5.92 Å². The number of amides is 1.